The quantitative estimate of drug-likeness (QED) is 0.909. The van der Waals surface area contributed by atoms with Gasteiger partial charge in [-0.1, -0.05) is 24.1 Å². The van der Waals surface area contributed by atoms with Crippen molar-refractivity contribution in [1.29, 1.82) is 0 Å². The molecule has 1 saturated carbocycles. The Labute approximate surface area is 129 Å². The summed E-state index contributed by atoms with van der Waals surface area (Å²) >= 11 is 5.93. The number of carboxylic acids is 1. The largest absolute Gasteiger partial charge is 0.480 e. The van der Waals surface area contributed by atoms with Gasteiger partial charge >= 0.3 is 12.0 Å². The second-order valence-corrected chi connectivity index (χ2v) is 5.86. The summed E-state index contributed by atoms with van der Waals surface area (Å²) in [5.41, 5.74) is 0.496. The van der Waals surface area contributed by atoms with Crippen LogP contribution in [0.2, 0.25) is 5.02 Å². The van der Waals surface area contributed by atoms with Crippen molar-refractivity contribution >= 4 is 29.3 Å². The third kappa shape index (κ3) is 4.11. The molecule has 2 rings (SSSR count). The molecule has 0 radical (unpaired) electrons. The van der Waals surface area contributed by atoms with Crippen LogP contribution in [0.25, 0.3) is 0 Å². The van der Waals surface area contributed by atoms with Gasteiger partial charge in [0.2, 0.25) is 0 Å². The van der Waals surface area contributed by atoms with Crippen molar-refractivity contribution in [3.8, 4) is 0 Å². The van der Waals surface area contributed by atoms with Gasteiger partial charge in [0.05, 0.1) is 0 Å². The molecule has 1 aromatic carbocycles. The zero-order valence-electron chi connectivity index (χ0n) is 12.0. The highest BCUT2D eigenvalue weighted by Crippen LogP contribution is 2.27. The maximum absolute atomic E-state index is 12.5. The minimum Gasteiger partial charge on any atom is -0.480 e. The van der Waals surface area contributed by atoms with Gasteiger partial charge in [-0.05, 0) is 37.0 Å². The summed E-state index contributed by atoms with van der Waals surface area (Å²) in [5, 5.41) is 9.51. The van der Waals surface area contributed by atoms with Crippen molar-refractivity contribution in [3.63, 3.8) is 0 Å². The van der Waals surface area contributed by atoms with Gasteiger partial charge in [-0.15, -0.1) is 0 Å². The van der Waals surface area contributed by atoms with E-state index in [-0.39, 0.29) is 12.6 Å². The van der Waals surface area contributed by atoms with E-state index in [1.165, 1.54) is 11.3 Å². The van der Waals surface area contributed by atoms with Crippen LogP contribution in [0.5, 0.6) is 0 Å². The summed E-state index contributed by atoms with van der Waals surface area (Å²) in [4.78, 5) is 26.4. The van der Waals surface area contributed by atoms with Crippen LogP contribution < -0.4 is 4.90 Å². The molecule has 0 aromatic heterocycles. The highest BCUT2D eigenvalue weighted by atomic mass is 35.5. The number of amides is 2. The Balaban J connectivity index is 2.14. The number of halogens is 1. The monoisotopic (exact) mass is 310 g/mol. The number of hydrogen-bond donors (Lipinski definition) is 1. The average molecular weight is 311 g/mol. The fraction of sp³-hybridized carbons (Fsp3) is 0.467. The molecule has 2 amide bonds. The number of aliphatic carboxylic acids is 1. The van der Waals surface area contributed by atoms with Gasteiger partial charge < -0.3 is 10.0 Å². The Morgan fingerprint density at radius 1 is 1.38 bits per heavy atom. The van der Waals surface area contributed by atoms with Crippen LogP contribution >= 0.6 is 11.6 Å². The van der Waals surface area contributed by atoms with E-state index in [0.717, 1.165) is 12.8 Å². The number of hydrogen-bond acceptors (Lipinski definition) is 2. The smallest absolute Gasteiger partial charge is 0.324 e. The zero-order chi connectivity index (χ0) is 15.4. The summed E-state index contributed by atoms with van der Waals surface area (Å²) in [6.45, 7) is 0.281. The van der Waals surface area contributed by atoms with Crippen molar-refractivity contribution in [3.05, 3.63) is 29.3 Å². The van der Waals surface area contributed by atoms with Crippen LogP contribution in [0.4, 0.5) is 10.5 Å². The molecule has 0 spiro atoms. The van der Waals surface area contributed by atoms with Crippen molar-refractivity contribution < 1.29 is 14.7 Å². The van der Waals surface area contributed by atoms with E-state index in [1.807, 2.05) is 0 Å². The number of carbonyl (C=O) groups excluding carboxylic acids is 1. The number of benzene rings is 1. The Kier molecular flexibility index (Phi) is 5.07. The summed E-state index contributed by atoms with van der Waals surface area (Å²) in [5.74, 6) is -0.523. The fourth-order valence-corrected chi connectivity index (χ4v) is 2.58. The minimum absolute atomic E-state index is 0.313. The Morgan fingerprint density at radius 3 is 2.62 bits per heavy atom. The molecule has 6 heteroatoms. The number of nitrogens with zero attached hydrogens (tertiary/aromatic N) is 2. The lowest BCUT2D eigenvalue weighted by molar-refractivity contribution is -0.135. The van der Waals surface area contributed by atoms with Crippen molar-refractivity contribution in [2.45, 2.75) is 19.3 Å². The number of rotatable bonds is 5. The summed E-state index contributed by atoms with van der Waals surface area (Å²) in [6, 6.07) is 6.36. The summed E-state index contributed by atoms with van der Waals surface area (Å²) in [6.07, 6.45) is 3.47. The average Bonchev–Trinajstić information content (AvgIpc) is 2.39. The normalized spacial score (nSPS) is 14.4. The van der Waals surface area contributed by atoms with Crippen LogP contribution in [-0.2, 0) is 4.79 Å². The van der Waals surface area contributed by atoms with Crippen molar-refractivity contribution in [2.75, 3.05) is 25.0 Å². The van der Waals surface area contributed by atoms with E-state index in [1.54, 1.807) is 36.2 Å². The molecular formula is C15H19ClN2O3. The fourth-order valence-electron chi connectivity index (χ4n) is 2.40. The van der Waals surface area contributed by atoms with E-state index in [2.05, 4.69) is 0 Å². The number of carboxylic acid groups (broad SMARTS) is 1. The van der Waals surface area contributed by atoms with Gasteiger partial charge in [0, 0.05) is 24.3 Å². The highest BCUT2D eigenvalue weighted by molar-refractivity contribution is 6.30. The first-order valence-corrected chi connectivity index (χ1v) is 7.35. The molecule has 0 unspecified atom stereocenters. The predicted molar refractivity (Wildman–Crippen MR) is 81.8 cm³/mol. The summed E-state index contributed by atoms with van der Waals surface area (Å²) < 4.78 is 0. The first-order valence-electron chi connectivity index (χ1n) is 6.97. The van der Waals surface area contributed by atoms with Crippen LogP contribution in [0.15, 0.2) is 24.3 Å². The number of carbonyl (C=O) groups is 2. The van der Waals surface area contributed by atoms with Crippen LogP contribution in [0.3, 0.4) is 0 Å². The molecule has 1 fully saturated rings. The van der Waals surface area contributed by atoms with Crippen LogP contribution in [-0.4, -0.2) is 42.1 Å². The van der Waals surface area contributed by atoms with Crippen LogP contribution in [0, 0.1) is 5.92 Å². The molecule has 1 aromatic rings. The van der Waals surface area contributed by atoms with E-state index >= 15 is 0 Å². The lowest BCUT2D eigenvalue weighted by Gasteiger charge is -2.33. The van der Waals surface area contributed by atoms with Gasteiger partial charge in [0.15, 0.2) is 0 Å². The van der Waals surface area contributed by atoms with E-state index in [9.17, 15) is 9.59 Å². The molecule has 1 aliphatic carbocycles. The number of anilines is 1. The Hall–Kier alpha value is -1.75. The number of urea groups is 1. The third-order valence-corrected chi connectivity index (χ3v) is 3.96. The molecule has 1 N–H and O–H groups in total. The first-order chi connectivity index (χ1) is 9.97. The molecule has 0 aliphatic heterocycles. The Morgan fingerprint density at radius 2 is 2.10 bits per heavy atom. The molecule has 5 nitrogen and oxygen atoms in total. The molecular weight excluding hydrogens is 292 g/mol. The second kappa shape index (κ2) is 6.80. The molecule has 0 heterocycles. The van der Waals surface area contributed by atoms with Crippen molar-refractivity contribution in [1.82, 2.24) is 4.90 Å². The topological polar surface area (TPSA) is 60.9 Å². The van der Waals surface area contributed by atoms with Gasteiger partial charge in [0.1, 0.15) is 6.54 Å². The molecule has 1 aliphatic rings. The molecule has 21 heavy (non-hydrogen) atoms. The zero-order valence-corrected chi connectivity index (χ0v) is 12.7. The molecule has 0 saturated heterocycles. The van der Waals surface area contributed by atoms with Crippen LogP contribution in [0.1, 0.15) is 19.3 Å². The minimum atomic E-state index is -1.06. The molecule has 0 bridgehead atoms. The van der Waals surface area contributed by atoms with E-state index in [4.69, 9.17) is 16.7 Å². The van der Waals surface area contributed by atoms with Gasteiger partial charge in [-0.3, -0.25) is 9.69 Å². The van der Waals surface area contributed by atoms with Gasteiger partial charge in [-0.2, -0.15) is 0 Å². The summed E-state index contributed by atoms with van der Waals surface area (Å²) in [7, 11) is 1.71. The maximum atomic E-state index is 12.5. The predicted octanol–water partition coefficient (Wildman–Crippen LogP) is 3.08. The van der Waals surface area contributed by atoms with E-state index < -0.39 is 5.97 Å². The lowest BCUT2D eigenvalue weighted by Crippen LogP contribution is -2.46. The molecule has 114 valence electrons. The lowest BCUT2D eigenvalue weighted by atomic mass is 9.85. The SMILES string of the molecule is CN(CC1CCC1)C(=O)N(CC(=O)O)c1cccc(Cl)c1. The molecule has 0 atom stereocenters. The first kappa shape index (κ1) is 15.6. The Bertz CT molecular complexity index is 531. The van der Waals surface area contributed by atoms with Gasteiger partial charge in [0.25, 0.3) is 0 Å². The third-order valence-electron chi connectivity index (χ3n) is 3.73. The maximum Gasteiger partial charge on any atom is 0.324 e. The standard InChI is InChI=1S/C15H19ClN2O3/c1-17(9-11-4-2-5-11)15(21)18(10-14(19)20)13-7-3-6-12(16)8-13/h3,6-8,11H,2,4-5,9-10H2,1H3,(H,19,20). The van der Waals surface area contributed by atoms with Crippen molar-refractivity contribution in [2.24, 2.45) is 5.92 Å². The van der Waals surface area contributed by atoms with E-state index in [0.29, 0.717) is 23.2 Å². The van der Waals surface area contributed by atoms with Gasteiger partial charge in [-0.25, -0.2) is 4.79 Å². The highest BCUT2D eigenvalue weighted by Gasteiger charge is 2.26. The second-order valence-electron chi connectivity index (χ2n) is 5.42.